The van der Waals surface area contributed by atoms with Crippen molar-refractivity contribution >= 4 is 17.1 Å². The van der Waals surface area contributed by atoms with Gasteiger partial charge in [-0.3, -0.25) is 0 Å². The molecule has 5 nitrogen and oxygen atoms in total. The van der Waals surface area contributed by atoms with Gasteiger partial charge in [-0.25, -0.2) is 0 Å². The van der Waals surface area contributed by atoms with Crippen LogP contribution in [0.1, 0.15) is 33.4 Å². The van der Waals surface area contributed by atoms with Crippen LogP contribution < -0.4 is 9.64 Å². The molecule has 35 heavy (non-hydrogen) atoms. The minimum Gasteiger partial charge on any atom is -0.508 e. The zero-order valence-corrected chi connectivity index (χ0v) is 21.0. The van der Waals surface area contributed by atoms with E-state index in [4.69, 9.17) is 4.74 Å². The van der Waals surface area contributed by atoms with E-state index < -0.39 is 0 Å². The van der Waals surface area contributed by atoms with Crippen molar-refractivity contribution in [3.8, 4) is 28.7 Å². The van der Waals surface area contributed by atoms with E-state index >= 15 is 0 Å². The fourth-order valence-electron chi connectivity index (χ4n) is 4.35. The molecule has 0 unspecified atom stereocenters. The number of benzene rings is 4. The highest BCUT2D eigenvalue weighted by Crippen LogP contribution is 2.44. The van der Waals surface area contributed by atoms with Gasteiger partial charge in [-0.15, -0.1) is 0 Å². The Bertz CT molecular complexity index is 1340. The number of hydrogen-bond acceptors (Lipinski definition) is 5. The van der Waals surface area contributed by atoms with Gasteiger partial charge in [-0.2, -0.15) is 0 Å². The van der Waals surface area contributed by atoms with Crippen LogP contribution in [0.3, 0.4) is 0 Å². The zero-order chi connectivity index (χ0) is 25.4. The van der Waals surface area contributed by atoms with Gasteiger partial charge in [0, 0.05) is 23.1 Å². The second-order valence-electron chi connectivity index (χ2n) is 9.07. The summed E-state index contributed by atoms with van der Waals surface area (Å²) >= 11 is 0. The van der Waals surface area contributed by atoms with Crippen LogP contribution >= 0.6 is 0 Å². The number of aryl methyl sites for hydroxylation is 2. The van der Waals surface area contributed by atoms with E-state index in [0.717, 1.165) is 50.4 Å². The maximum Gasteiger partial charge on any atom is 0.171 e. The fourth-order valence-corrected chi connectivity index (χ4v) is 4.35. The van der Waals surface area contributed by atoms with Crippen LogP contribution in [0, 0.1) is 41.5 Å². The fraction of sp³-hybridized carbons (Fsp3) is 0.200. The summed E-state index contributed by atoms with van der Waals surface area (Å²) in [5, 5.41) is 31.0. The third kappa shape index (κ3) is 4.50. The van der Waals surface area contributed by atoms with E-state index in [-0.39, 0.29) is 17.2 Å². The van der Waals surface area contributed by atoms with Crippen LogP contribution in [0.4, 0.5) is 17.1 Å². The Morgan fingerprint density at radius 1 is 0.600 bits per heavy atom. The number of rotatable bonds is 5. The number of phenolic OH excluding ortho intramolecular Hbond substituents is 3. The molecule has 0 aliphatic rings. The summed E-state index contributed by atoms with van der Waals surface area (Å²) in [4.78, 5) is 2.10. The molecule has 4 rings (SSSR count). The minimum absolute atomic E-state index is 0.0970. The first-order chi connectivity index (χ1) is 16.6. The molecule has 0 aliphatic carbocycles. The van der Waals surface area contributed by atoms with Gasteiger partial charge in [0.15, 0.2) is 11.5 Å². The molecule has 4 aromatic carbocycles. The number of ether oxygens (including phenoxy) is 1. The lowest BCUT2D eigenvalue weighted by Crippen LogP contribution is -2.13. The second-order valence-corrected chi connectivity index (χ2v) is 9.07. The summed E-state index contributed by atoms with van der Waals surface area (Å²) in [7, 11) is 0. The Kier molecular flexibility index (Phi) is 6.35. The summed E-state index contributed by atoms with van der Waals surface area (Å²) < 4.78 is 6.15. The summed E-state index contributed by atoms with van der Waals surface area (Å²) in [5.41, 5.74) is 7.93. The van der Waals surface area contributed by atoms with Crippen LogP contribution in [-0.4, -0.2) is 15.3 Å². The smallest absolute Gasteiger partial charge is 0.171 e. The summed E-state index contributed by atoms with van der Waals surface area (Å²) in [5.74, 6) is 1.59. The third-order valence-corrected chi connectivity index (χ3v) is 6.64. The van der Waals surface area contributed by atoms with Crippen molar-refractivity contribution in [2.24, 2.45) is 0 Å². The molecular weight excluding hydrogens is 438 g/mol. The number of phenols is 3. The molecule has 4 aromatic rings. The van der Waals surface area contributed by atoms with E-state index in [0.29, 0.717) is 11.5 Å². The molecule has 0 fully saturated rings. The Hall–Kier alpha value is -4.12. The predicted molar refractivity (Wildman–Crippen MR) is 141 cm³/mol. The highest BCUT2D eigenvalue weighted by Gasteiger charge is 2.21. The molecular formula is C30H31NO4. The van der Waals surface area contributed by atoms with E-state index in [1.165, 1.54) is 0 Å². The van der Waals surface area contributed by atoms with Crippen LogP contribution in [0.25, 0.3) is 0 Å². The standard InChI is InChI=1S/C30H31NO4/c1-17-14-18(2)30(29(34)15-17)35-24-9-7-8-23(16-24)31(25-10-12-27(32)21(5)19(25)3)26-11-13-28(33)22(6)20(26)4/h7-16,32-34H,1-6H3. The lowest BCUT2D eigenvalue weighted by Gasteiger charge is -2.30. The Morgan fingerprint density at radius 2 is 1.17 bits per heavy atom. The summed E-state index contributed by atoms with van der Waals surface area (Å²) in [6, 6.07) is 18.5. The lowest BCUT2D eigenvalue weighted by atomic mass is 10.0. The first-order valence-corrected chi connectivity index (χ1v) is 11.5. The molecule has 3 N–H and O–H groups in total. The molecule has 0 saturated heterocycles. The largest absolute Gasteiger partial charge is 0.508 e. The van der Waals surface area contributed by atoms with Crippen molar-refractivity contribution in [1.29, 1.82) is 0 Å². The lowest BCUT2D eigenvalue weighted by molar-refractivity contribution is 0.408. The summed E-state index contributed by atoms with van der Waals surface area (Å²) in [6.45, 7) is 11.6. The zero-order valence-electron chi connectivity index (χ0n) is 21.0. The van der Waals surface area contributed by atoms with Gasteiger partial charge < -0.3 is 25.0 Å². The average Bonchev–Trinajstić information content (AvgIpc) is 2.81. The second kappa shape index (κ2) is 9.26. The van der Waals surface area contributed by atoms with Gasteiger partial charge in [0.25, 0.3) is 0 Å². The van der Waals surface area contributed by atoms with E-state index in [1.54, 1.807) is 18.2 Å². The Morgan fingerprint density at radius 3 is 1.71 bits per heavy atom. The van der Waals surface area contributed by atoms with Crippen molar-refractivity contribution in [3.63, 3.8) is 0 Å². The number of hydrogen-bond donors (Lipinski definition) is 3. The van der Waals surface area contributed by atoms with Crippen LogP contribution in [0.2, 0.25) is 0 Å². The van der Waals surface area contributed by atoms with E-state index in [2.05, 4.69) is 4.90 Å². The molecule has 0 atom stereocenters. The minimum atomic E-state index is 0.0970. The Labute approximate surface area is 206 Å². The Balaban J connectivity index is 1.89. The number of aromatic hydroxyl groups is 3. The molecule has 0 aromatic heterocycles. The molecule has 0 radical (unpaired) electrons. The topological polar surface area (TPSA) is 73.2 Å². The number of nitrogens with zero attached hydrogens (tertiary/aromatic N) is 1. The maximum atomic E-state index is 10.5. The van der Waals surface area contributed by atoms with Gasteiger partial charge >= 0.3 is 0 Å². The normalized spacial score (nSPS) is 10.9. The first-order valence-electron chi connectivity index (χ1n) is 11.5. The van der Waals surface area contributed by atoms with Crippen molar-refractivity contribution in [2.45, 2.75) is 41.5 Å². The van der Waals surface area contributed by atoms with Gasteiger partial charge in [-0.1, -0.05) is 12.1 Å². The molecule has 0 spiro atoms. The SMILES string of the molecule is Cc1cc(C)c(Oc2cccc(N(c3ccc(O)c(C)c3C)c3ccc(O)c(C)c3C)c2)c(O)c1. The van der Waals surface area contributed by atoms with Crippen molar-refractivity contribution in [3.05, 3.63) is 94.0 Å². The van der Waals surface area contributed by atoms with Crippen molar-refractivity contribution < 1.29 is 20.1 Å². The van der Waals surface area contributed by atoms with Crippen molar-refractivity contribution in [2.75, 3.05) is 4.90 Å². The van der Waals surface area contributed by atoms with Crippen LogP contribution in [-0.2, 0) is 0 Å². The van der Waals surface area contributed by atoms with Crippen molar-refractivity contribution in [1.82, 2.24) is 0 Å². The molecule has 0 saturated carbocycles. The number of anilines is 3. The van der Waals surface area contributed by atoms with Crippen LogP contribution in [0.15, 0.2) is 60.7 Å². The van der Waals surface area contributed by atoms with Gasteiger partial charge in [0.1, 0.15) is 17.2 Å². The average molecular weight is 470 g/mol. The van der Waals surface area contributed by atoms with Gasteiger partial charge in [0.2, 0.25) is 0 Å². The summed E-state index contributed by atoms with van der Waals surface area (Å²) in [6.07, 6.45) is 0. The monoisotopic (exact) mass is 469 g/mol. The molecule has 0 aliphatic heterocycles. The molecule has 180 valence electrons. The third-order valence-electron chi connectivity index (χ3n) is 6.64. The highest BCUT2D eigenvalue weighted by atomic mass is 16.5. The molecule has 0 heterocycles. The maximum absolute atomic E-state index is 10.5. The molecule has 0 bridgehead atoms. The van der Waals surface area contributed by atoms with E-state index in [1.807, 2.05) is 84.0 Å². The van der Waals surface area contributed by atoms with Crippen LogP contribution in [0.5, 0.6) is 28.7 Å². The van der Waals surface area contributed by atoms with Gasteiger partial charge in [-0.05, 0) is 117 Å². The highest BCUT2D eigenvalue weighted by molar-refractivity contribution is 5.82. The van der Waals surface area contributed by atoms with Gasteiger partial charge in [0.05, 0.1) is 0 Å². The molecule has 0 amide bonds. The predicted octanol–water partition coefficient (Wildman–Crippen LogP) is 7.92. The van der Waals surface area contributed by atoms with E-state index in [9.17, 15) is 15.3 Å². The quantitative estimate of drug-likeness (QED) is 0.277. The first kappa shape index (κ1) is 24.0. The molecule has 5 heteroatoms.